The third kappa shape index (κ3) is 2.30. The van der Waals surface area contributed by atoms with Crippen molar-refractivity contribution in [3.8, 4) is 6.07 Å². The first-order valence-electron chi connectivity index (χ1n) is 5.72. The van der Waals surface area contributed by atoms with Crippen LogP contribution in [0.4, 0.5) is 10.7 Å². The van der Waals surface area contributed by atoms with Gasteiger partial charge in [-0.25, -0.2) is 0 Å². The van der Waals surface area contributed by atoms with Crippen LogP contribution in [0, 0.1) is 16.7 Å². The van der Waals surface area contributed by atoms with Gasteiger partial charge in [0, 0.05) is 6.54 Å². The van der Waals surface area contributed by atoms with Gasteiger partial charge in [-0.2, -0.15) is 5.26 Å². The SMILES string of the molecule is CCCC1(CNc2cc(N)c(C#N)s2)CC1. The summed E-state index contributed by atoms with van der Waals surface area (Å²) < 4.78 is 0. The normalized spacial score (nSPS) is 16.8. The Kier molecular flexibility index (Phi) is 3.06. The van der Waals surface area contributed by atoms with Gasteiger partial charge in [-0.05, 0) is 30.7 Å². The van der Waals surface area contributed by atoms with Gasteiger partial charge in [0.25, 0.3) is 0 Å². The van der Waals surface area contributed by atoms with Gasteiger partial charge >= 0.3 is 0 Å². The minimum absolute atomic E-state index is 0.528. The zero-order valence-corrected chi connectivity index (χ0v) is 10.4. The van der Waals surface area contributed by atoms with E-state index < -0.39 is 0 Å². The minimum atomic E-state index is 0.528. The first kappa shape index (κ1) is 11.3. The van der Waals surface area contributed by atoms with Gasteiger partial charge in [-0.3, -0.25) is 0 Å². The first-order valence-corrected chi connectivity index (χ1v) is 6.54. The highest BCUT2D eigenvalue weighted by Crippen LogP contribution is 2.49. The summed E-state index contributed by atoms with van der Waals surface area (Å²) in [7, 11) is 0. The molecule has 0 amide bonds. The Morgan fingerprint density at radius 2 is 2.38 bits per heavy atom. The van der Waals surface area contributed by atoms with Crippen LogP contribution in [0.15, 0.2) is 6.07 Å². The number of hydrogen-bond acceptors (Lipinski definition) is 4. The summed E-state index contributed by atoms with van der Waals surface area (Å²) in [5.74, 6) is 0. The van der Waals surface area contributed by atoms with Gasteiger partial charge in [0.05, 0.1) is 10.7 Å². The molecule has 0 atom stereocenters. The summed E-state index contributed by atoms with van der Waals surface area (Å²) in [6.07, 6.45) is 5.21. The van der Waals surface area contributed by atoms with Gasteiger partial charge in [-0.1, -0.05) is 13.3 Å². The Morgan fingerprint density at radius 1 is 1.62 bits per heavy atom. The molecule has 1 aromatic rings. The molecule has 1 heterocycles. The summed E-state index contributed by atoms with van der Waals surface area (Å²) in [4.78, 5) is 0.614. The van der Waals surface area contributed by atoms with Crippen molar-refractivity contribution in [2.24, 2.45) is 5.41 Å². The fourth-order valence-electron chi connectivity index (χ4n) is 2.08. The lowest BCUT2D eigenvalue weighted by Crippen LogP contribution is -2.14. The van der Waals surface area contributed by atoms with Gasteiger partial charge in [0.2, 0.25) is 0 Å². The molecule has 0 aromatic carbocycles. The second kappa shape index (κ2) is 4.34. The van der Waals surface area contributed by atoms with Crippen LogP contribution in [0.3, 0.4) is 0 Å². The topological polar surface area (TPSA) is 61.8 Å². The molecule has 1 fully saturated rings. The molecule has 16 heavy (non-hydrogen) atoms. The van der Waals surface area contributed by atoms with Crippen molar-refractivity contribution in [1.29, 1.82) is 5.26 Å². The van der Waals surface area contributed by atoms with Crippen LogP contribution in [0.1, 0.15) is 37.5 Å². The van der Waals surface area contributed by atoms with Gasteiger partial charge in [-0.15, -0.1) is 11.3 Å². The maximum atomic E-state index is 8.81. The van der Waals surface area contributed by atoms with E-state index in [9.17, 15) is 0 Å². The van der Waals surface area contributed by atoms with E-state index in [0.717, 1.165) is 11.5 Å². The van der Waals surface area contributed by atoms with Gasteiger partial charge < -0.3 is 11.1 Å². The fraction of sp³-hybridized carbons (Fsp3) is 0.583. The predicted octanol–water partition coefficient (Wildman–Crippen LogP) is 3.19. The lowest BCUT2D eigenvalue weighted by atomic mass is 10.0. The van der Waals surface area contributed by atoms with E-state index in [1.165, 1.54) is 37.0 Å². The van der Waals surface area contributed by atoms with E-state index in [1.54, 1.807) is 0 Å². The first-order chi connectivity index (χ1) is 7.69. The molecular weight excluding hydrogens is 218 g/mol. The number of nitrogens with one attached hydrogen (secondary N) is 1. The molecule has 3 N–H and O–H groups in total. The second-order valence-corrected chi connectivity index (χ2v) is 5.66. The number of nitrogen functional groups attached to an aromatic ring is 1. The maximum absolute atomic E-state index is 8.81. The third-order valence-corrected chi connectivity index (χ3v) is 4.25. The number of rotatable bonds is 5. The minimum Gasteiger partial charge on any atom is -0.397 e. The lowest BCUT2D eigenvalue weighted by Gasteiger charge is -2.14. The smallest absolute Gasteiger partial charge is 0.129 e. The van der Waals surface area contributed by atoms with Crippen molar-refractivity contribution in [3.05, 3.63) is 10.9 Å². The predicted molar refractivity (Wildman–Crippen MR) is 68.5 cm³/mol. The highest BCUT2D eigenvalue weighted by molar-refractivity contribution is 7.17. The van der Waals surface area contributed by atoms with Crippen LogP contribution < -0.4 is 11.1 Å². The molecule has 86 valence electrons. The zero-order valence-electron chi connectivity index (χ0n) is 9.55. The molecule has 0 saturated heterocycles. The average molecular weight is 235 g/mol. The Morgan fingerprint density at radius 3 is 2.88 bits per heavy atom. The Hall–Kier alpha value is -1.21. The summed E-state index contributed by atoms with van der Waals surface area (Å²) in [5, 5.41) is 13.2. The van der Waals surface area contributed by atoms with E-state index in [0.29, 0.717) is 16.0 Å². The van der Waals surface area contributed by atoms with Crippen LogP contribution in [-0.2, 0) is 0 Å². The Labute approximate surface area is 100 Å². The summed E-state index contributed by atoms with van der Waals surface area (Å²) in [6.45, 7) is 3.25. The molecular formula is C12H17N3S. The number of nitrogens with two attached hydrogens (primary N) is 1. The Bertz CT molecular complexity index is 412. The fourth-order valence-corrected chi connectivity index (χ4v) is 2.85. The van der Waals surface area contributed by atoms with Crippen molar-refractivity contribution >= 4 is 22.0 Å². The lowest BCUT2D eigenvalue weighted by molar-refractivity contribution is 0.486. The molecule has 0 radical (unpaired) electrons. The molecule has 0 aliphatic heterocycles. The zero-order chi connectivity index (χ0) is 11.6. The molecule has 2 rings (SSSR count). The molecule has 1 aromatic heterocycles. The standard InChI is InChI=1S/C12H17N3S/c1-2-3-12(4-5-12)8-15-11-6-9(14)10(7-13)16-11/h6,15H,2-5,8,14H2,1H3. The molecule has 4 heteroatoms. The average Bonchev–Trinajstić information content (AvgIpc) is 2.93. The highest BCUT2D eigenvalue weighted by atomic mass is 32.1. The summed E-state index contributed by atoms with van der Waals surface area (Å²) >= 11 is 1.45. The highest BCUT2D eigenvalue weighted by Gasteiger charge is 2.41. The summed E-state index contributed by atoms with van der Waals surface area (Å²) in [6, 6.07) is 3.97. The molecule has 0 bridgehead atoms. The van der Waals surface area contributed by atoms with Crippen LogP contribution in [0.25, 0.3) is 0 Å². The van der Waals surface area contributed by atoms with Gasteiger partial charge in [0.15, 0.2) is 0 Å². The maximum Gasteiger partial charge on any atom is 0.129 e. The van der Waals surface area contributed by atoms with Gasteiger partial charge in [0.1, 0.15) is 10.9 Å². The number of thiophene rings is 1. The van der Waals surface area contributed by atoms with Crippen molar-refractivity contribution in [2.45, 2.75) is 32.6 Å². The molecule has 1 aliphatic rings. The second-order valence-electron chi connectivity index (χ2n) is 4.61. The van der Waals surface area contributed by atoms with E-state index in [1.807, 2.05) is 6.07 Å². The molecule has 1 aliphatic carbocycles. The quantitative estimate of drug-likeness (QED) is 0.824. The number of hydrogen-bond donors (Lipinski definition) is 2. The van der Waals surface area contributed by atoms with Crippen LogP contribution >= 0.6 is 11.3 Å². The number of anilines is 2. The monoisotopic (exact) mass is 235 g/mol. The molecule has 0 unspecified atom stereocenters. The van der Waals surface area contributed by atoms with Crippen molar-refractivity contribution < 1.29 is 0 Å². The van der Waals surface area contributed by atoms with E-state index >= 15 is 0 Å². The van der Waals surface area contributed by atoms with Crippen LogP contribution in [0.5, 0.6) is 0 Å². The van der Waals surface area contributed by atoms with Crippen LogP contribution in [0.2, 0.25) is 0 Å². The largest absolute Gasteiger partial charge is 0.397 e. The van der Waals surface area contributed by atoms with E-state index in [2.05, 4.69) is 18.3 Å². The third-order valence-electron chi connectivity index (χ3n) is 3.24. The van der Waals surface area contributed by atoms with E-state index in [4.69, 9.17) is 11.0 Å². The molecule has 0 spiro atoms. The number of nitrogens with zero attached hydrogens (tertiary/aromatic N) is 1. The molecule has 1 saturated carbocycles. The summed E-state index contributed by atoms with van der Waals surface area (Å²) in [5.41, 5.74) is 6.83. The van der Waals surface area contributed by atoms with Crippen molar-refractivity contribution in [1.82, 2.24) is 0 Å². The number of nitriles is 1. The molecule has 3 nitrogen and oxygen atoms in total. The van der Waals surface area contributed by atoms with Crippen LogP contribution in [-0.4, -0.2) is 6.54 Å². The van der Waals surface area contributed by atoms with E-state index in [-0.39, 0.29) is 0 Å². The van der Waals surface area contributed by atoms with Crippen molar-refractivity contribution in [2.75, 3.05) is 17.6 Å². The van der Waals surface area contributed by atoms with Crippen molar-refractivity contribution in [3.63, 3.8) is 0 Å². The Balaban J connectivity index is 1.93.